The van der Waals surface area contributed by atoms with Crippen LogP contribution in [0.1, 0.15) is 118 Å². The summed E-state index contributed by atoms with van der Waals surface area (Å²) < 4.78 is 0. The van der Waals surface area contributed by atoms with Crippen molar-refractivity contribution in [1.29, 1.82) is 0 Å². The van der Waals surface area contributed by atoms with Gasteiger partial charge in [0.2, 0.25) is 0 Å². The summed E-state index contributed by atoms with van der Waals surface area (Å²) in [4.78, 5) is 0. The van der Waals surface area contributed by atoms with Gasteiger partial charge in [0.25, 0.3) is 0 Å². The average Bonchev–Trinajstić information content (AvgIpc) is 2.79. The number of unbranched alkanes of at least 4 members (excludes halogenated alkanes) is 1. The first-order valence-corrected chi connectivity index (χ1v) is 14.0. The standard InChI is InChI=1S/C31H40O3.C4H10/c1-18-10-21(16-23-12-19(2)14-25(28(23)33)30(4,5)6)27(32)22(11-18)17-24-13-20(3)15-26(29(24)34)31(7,8)9;1-3-4-2/h10-15,32-34H,16-17H2,1-9H3;3-4H2,1-2H3. The minimum Gasteiger partial charge on any atom is -0.507 e. The largest absolute Gasteiger partial charge is 0.507 e. The van der Waals surface area contributed by atoms with Gasteiger partial charge in [0.1, 0.15) is 17.2 Å². The van der Waals surface area contributed by atoms with E-state index in [4.69, 9.17) is 0 Å². The number of rotatable bonds is 5. The van der Waals surface area contributed by atoms with Crippen molar-refractivity contribution in [2.24, 2.45) is 0 Å². The fourth-order valence-electron chi connectivity index (χ4n) is 4.73. The summed E-state index contributed by atoms with van der Waals surface area (Å²) >= 11 is 0. The molecule has 0 atom stereocenters. The van der Waals surface area contributed by atoms with E-state index in [-0.39, 0.29) is 16.6 Å². The Morgan fingerprint density at radius 3 is 1.00 bits per heavy atom. The van der Waals surface area contributed by atoms with Gasteiger partial charge in [0.05, 0.1) is 0 Å². The number of phenols is 3. The summed E-state index contributed by atoms with van der Waals surface area (Å²) in [6, 6.07) is 12.0. The van der Waals surface area contributed by atoms with E-state index < -0.39 is 0 Å². The normalized spacial score (nSPS) is 11.8. The summed E-state index contributed by atoms with van der Waals surface area (Å²) in [5.74, 6) is 0.820. The van der Waals surface area contributed by atoms with Crippen LogP contribution in [0.15, 0.2) is 36.4 Å². The molecule has 0 fully saturated rings. The van der Waals surface area contributed by atoms with Crippen LogP contribution >= 0.6 is 0 Å². The molecule has 0 bridgehead atoms. The summed E-state index contributed by atoms with van der Waals surface area (Å²) in [5.41, 5.74) is 7.84. The quantitative estimate of drug-likeness (QED) is 0.315. The smallest absolute Gasteiger partial charge is 0.122 e. The highest BCUT2D eigenvalue weighted by molar-refractivity contribution is 5.54. The first kappa shape index (κ1) is 31.3. The lowest BCUT2D eigenvalue weighted by molar-refractivity contribution is 0.438. The van der Waals surface area contributed by atoms with Crippen LogP contribution < -0.4 is 0 Å². The number of hydrogen-bond acceptors (Lipinski definition) is 3. The first-order chi connectivity index (χ1) is 17.5. The lowest BCUT2D eigenvalue weighted by Gasteiger charge is -2.24. The zero-order valence-electron chi connectivity index (χ0n) is 25.6. The van der Waals surface area contributed by atoms with E-state index in [2.05, 4.69) is 55.4 Å². The molecule has 3 aromatic carbocycles. The monoisotopic (exact) mass is 518 g/mol. The molecule has 0 saturated heterocycles. The lowest BCUT2D eigenvalue weighted by atomic mass is 9.82. The van der Waals surface area contributed by atoms with E-state index in [1.165, 1.54) is 12.8 Å². The van der Waals surface area contributed by atoms with Gasteiger partial charge in [-0.3, -0.25) is 0 Å². The molecular formula is C35H50O3. The molecule has 0 aliphatic heterocycles. The highest BCUT2D eigenvalue weighted by Gasteiger charge is 2.23. The van der Waals surface area contributed by atoms with Crippen molar-refractivity contribution in [3.05, 3.63) is 86.5 Å². The minimum atomic E-state index is -0.182. The van der Waals surface area contributed by atoms with Crippen LogP contribution in [0.4, 0.5) is 0 Å². The first-order valence-electron chi connectivity index (χ1n) is 14.0. The van der Waals surface area contributed by atoms with Crippen LogP contribution in [0, 0.1) is 20.8 Å². The molecule has 208 valence electrons. The molecule has 0 heterocycles. The molecule has 3 aromatic rings. The molecule has 0 amide bonds. The van der Waals surface area contributed by atoms with Gasteiger partial charge < -0.3 is 15.3 Å². The third-order valence-electron chi connectivity index (χ3n) is 6.96. The van der Waals surface area contributed by atoms with E-state index in [1.807, 2.05) is 57.2 Å². The van der Waals surface area contributed by atoms with E-state index >= 15 is 0 Å². The van der Waals surface area contributed by atoms with Gasteiger partial charge >= 0.3 is 0 Å². The topological polar surface area (TPSA) is 60.7 Å². The van der Waals surface area contributed by atoms with Crippen LogP contribution in [0.5, 0.6) is 17.2 Å². The Morgan fingerprint density at radius 1 is 0.474 bits per heavy atom. The van der Waals surface area contributed by atoms with Crippen LogP contribution in [-0.4, -0.2) is 15.3 Å². The fraction of sp³-hybridized carbons (Fsp3) is 0.486. The highest BCUT2D eigenvalue weighted by atomic mass is 16.3. The van der Waals surface area contributed by atoms with Crippen LogP contribution in [0.2, 0.25) is 0 Å². The van der Waals surface area contributed by atoms with E-state index in [9.17, 15) is 15.3 Å². The van der Waals surface area contributed by atoms with Gasteiger partial charge in [-0.15, -0.1) is 0 Å². The summed E-state index contributed by atoms with van der Waals surface area (Å²) in [6.07, 6.45) is 3.51. The third-order valence-corrected chi connectivity index (χ3v) is 6.96. The number of aromatic hydroxyl groups is 3. The molecule has 0 unspecified atom stereocenters. The SMILES string of the molecule is CCCC.Cc1cc(Cc2cc(C)cc(C(C)(C)C)c2O)c(O)c(Cc2cc(C)cc(C(C)(C)C)c2O)c1. The lowest BCUT2D eigenvalue weighted by Crippen LogP contribution is -2.13. The number of hydrogen-bond donors (Lipinski definition) is 3. The molecule has 3 nitrogen and oxygen atoms in total. The Labute approximate surface area is 231 Å². The Kier molecular flexibility index (Phi) is 10.1. The van der Waals surface area contributed by atoms with Crippen molar-refractivity contribution in [2.45, 2.75) is 113 Å². The second kappa shape index (κ2) is 12.3. The zero-order chi connectivity index (χ0) is 29.0. The highest BCUT2D eigenvalue weighted by Crippen LogP contribution is 2.39. The van der Waals surface area contributed by atoms with Gasteiger partial charge in [0.15, 0.2) is 0 Å². The molecule has 3 rings (SSSR count). The second-order valence-corrected chi connectivity index (χ2v) is 12.9. The average molecular weight is 519 g/mol. The molecule has 0 aliphatic rings. The van der Waals surface area contributed by atoms with Gasteiger partial charge in [0, 0.05) is 12.8 Å². The Morgan fingerprint density at radius 2 is 0.737 bits per heavy atom. The van der Waals surface area contributed by atoms with Crippen LogP contribution in [-0.2, 0) is 23.7 Å². The van der Waals surface area contributed by atoms with E-state index in [1.54, 1.807) is 0 Å². The maximum atomic E-state index is 11.3. The van der Waals surface area contributed by atoms with Crippen molar-refractivity contribution in [3.63, 3.8) is 0 Å². The fourth-order valence-corrected chi connectivity index (χ4v) is 4.73. The molecule has 3 N–H and O–H groups in total. The molecule has 0 aromatic heterocycles. The minimum absolute atomic E-state index is 0.182. The second-order valence-electron chi connectivity index (χ2n) is 12.9. The van der Waals surface area contributed by atoms with Crippen LogP contribution in [0.3, 0.4) is 0 Å². The predicted octanol–water partition coefficient (Wildman–Crippen LogP) is 9.31. The van der Waals surface area contributed by atoms with Crippen molar-refractivity contribution in [3.8, 4) is 17.2 Å². The summed E-state index contributed by atoms with van der Waals surface area (Å²) in [7, 11) is 0. The maximum absolute atomic E-state index is 11.3. The van der Waals surface area contributed by atoms with E-state index in [0.717, 1.165) is 50.1 Å². The van der Waals surface area contributed by atoms with Gasteiger partial charge in [-0.05, 0) is 65.0 Å². The number of aryl methyl sites for hydroxylation is 3. The number of benzene rings is 3. The van der Waals surface area contributed by atoms with Gasteiger partial charge in [-0.2, -0.15) is 0 Å². The van der Waals surface area contributed by atoms with E-state index in [0.29, 0.717) is 24.3 Å². The van der Waals surface area contributed by atoms with Crippen molar-refractivity contribution in [1.82, 2.24) is 0 Å². The Balaban J connectivity index is 0.00000118. The molecule has 0 radical (unpaired) electrons. The van der Waals surface area contributed by atoms with Gasteiger partial charge in [-0.1, -0.05) is 121 Å². The predicted molar refractivity (Wildman–Crippen MR) is 162 cm³/mol. The van der Waals surface area contributed by atoms with Crippen molar-refractivity contribution in [2.75, 3.05) is 0 Å². The molecule has 3 heteroatoms. The third kappa shape index (κ3) is 7.79. The van der Waals surface area contributed by atoms with Crippen molar-refractivity contribution < 1.29 is 15.3 Å². The Bertz CT molecular complexity index is 1160. The van der Waals surface area contributed by atoms with Gasteiger partial charge in [-0.25, -0.2) is 0 Å². The molecule has 0 aliphatic carbocycles. The van der Waals surface area contributed by atoms with Crippen molar-refractivity contribution >= 4 is 0 Å². The summed E-state index contributed by atoms with van der Waals surface area (Å²) in [6.45, 7) is 23.0. The molecular weight excluding hydrogens is 468 g/mol. The Hall–Kier alpha value is -2.94. The summed E-state index contributed by atoms with van der Waals surface area (Å²) in [5, 5.41) is 33.3. The maximum Gasteiger partial charge on any atom is 0.122 e. The molecule has 0 spiro atoms. The molecule has 0 saturated carbocycles. The number of phenolic OH excluding ortho intramolecular Hbond substituents is 3. The zero-order valence-corrected chi connectivity index (χ0v) is 25.6. The van der Waals surface area contributed by atoms with Crippen LogP contribution in [0.25, 0.3) is 0 Å². The molecule has 38 heavy (non-hydrogen) atoms.